The maximum Gasteiger partial charge on any atom is 0.270 e. The zero-order valence-corrected chi connectivity index (χ0v) is 10.6. The minimum Gasteiger partial charge on any atom is -0.388 e. The molecule has 2 unspecified atom stereocenters. The van der Waals surface area contributed by atoms with E-state index in [1.165, 1.54) is 13.0 Å². The smallest absolute Gasteiger partial charge is 0.270 e. The lowest BCUT2D eigenvalue weighted by atomic mass is 9.98. The van der Waals surface area contributed by atoms with Crippen molar-refractivity contribution in [2.45, 2.75) is 19.1 Å². The van der Waals surface area contributed by atoms with Gasteiger partial charge in [-0.1, -0.05) is 0 Å². The van der Waals surface area contributed by atoms with E-state index in [-0.39, 0.29) is 29.3 Å². The van der Waals surface area contributed by atoms with Crippen LogP contribution in [0, 0.1) is 10.1 Å². The Morgan fingerprint density at radius 1 is 1.50 bits per heavy atom. The van der Waals surface area contributed by atoms with Crippen molar-refractivity contribution in [1.29, 1.82) is 0 Å². The summed E-state index contributed by atoms with van der Waals surface area (Å²) >= 11 is 0. The fraction of sp³-hybridized carbons (Fsp3) is 0.333. The van der Waals surface area contributed by atoms with E-state index in [2.05, 4.69) is 5.32 Å². The summed E-state index contributed by atoms with van der Waals surface area (Å²) in [6, 6.07) is 3.33. The number of nitrogens with one attached hydrogen (secondary N) is 1. The monoisotopic (exact) mass is 282 g/mol. The van der Waals surface area contributed by atoms with E-state index < -0.39 is 17.1 Å². The second kappa shape index (κ2) is 6.73. The molecule has 0 saturated carbocycles. The van der Waals surface area contributed by atoms with Crippen LogP contribution in [0.5, 0.6) is 0 Å². The summed E-state index contributed by atoms with van der Waals surface area (Å²) in [6.07, 6.45) is -2.42. The molecule has 0 aromatic heterocycles. The van der Waals surface area contributed by atoms with Gasteiger partial charge in [-0.15, -0.1) is 0 Å². The van der Waals surface area contributed by atoms with E-state index in [0.717, 1.165) is 12.1 Å². The molecular formula is C12H14N2O6. The van der Waals surface area contributed by atoms with Crippen molar-refractivity contribution >= 4 is 17.9 Å². The van der Waals surface area contributed by atoms with Gasteiger partial charge in [0.15, 0.2) is 6.29 Å². The number of aliphatic hydroxyl groups excluding tert-OH is 2. The quantitative estimate of drug-likeness (QED) is 0.380. The van der Waals surface area contributed by atoms with Gasteiger partial charge in [0, 0.05) is 31.2 Å². The highest BCUT2D eigenvalue weighted by Crippen LogP contribution is 2.24. The zero-order chi connectivity index (χ0) is 15.3. The summed E-state index contributed by atoms with van der Waals surface area (Å²) in [5.41, 5.74) is -0.323. The Labute approximate surface area is 114 Å². The SMILES string of the molecule is CC(=O)NCC(O)C(O)c1ccc([N+](=O)[O-])cc1C=O. The van der Waals surface area contributed by atoms with Crippen molar-refractivity contribution in [3.63, 3.8) is 0 Å². The minimum absolute atomic E-state index is 0.0588. The average Bonchev–Trinajstić information content (AvgIpc) is 2.42. The molecule has 0 saturated heterocycles. The van der Waals surface area contributed by atoms with Gasteiger partial charge < -0.3 is 15.5 Å². The Kier molecular flexibility index (Phi) is 5.30. The predicted molar refractivity (Wildman–Crippen MR) is 68.1 cm³/mol. The minimum atomic E-state index is -1.44. The first kappa shape index (κ1) is 15.7. The summed E-state index contributed by atoms with van der Waals surface area (Å²) in [7, 11) is 0. The van der Waals surface area contributed by atoms with Crippen LogP contribution < -0.4 is 5.32 Å². The van der Waals surface area contributed by atoms with E-state index in [4.69, 9.17) is 0 Å². The second-order valence-electron chi connectivity index (χ2n) is 4.14. The largest absolute Gasteiger partial charge is 0.388 e. The fourth-order valence-corrected chi connectivity index (χ4v) is 1.61. The summed E-state index contributed by atoms with van der Waals surface area (Å²) in [5.74, 6) is -0.379. The topological polar surface area (TPSA) is 130 Å². The van der Waals surface area contributed by atoms with Gasteiger partial charge >= 0.3 is 0 Å². The fourth-order valence-electron chi connectivity index (χ4n) is 1.61. The molecule has 0 aliphatic rings. The lowest BCUT2D eigenvalue weighted by molar-refractivity contribution is -0.384. The lowest BCUT2D eigenvalue weighted by Crippen LogP contribution is -2.34. The number of non-ortho nitro benzene ring substituents is 1. The maximum absolute atomic E-state index is 10.9. The Morgan fingerprint density at radius 2 is 2.15 bits per heavy atom. The van der Waals surface area contributed by atoms with Gasteiger partial charge in [0.1, 0.15) is 12.2 Å². The molecule has 8 nitrogen and oxygen atoms in total. The van der Waals surface area contributed by atoms with E-state index in [1.807, 2.05) is 0 Å². The Morgan fingerprint density at radius 3 is 2.65 bits per heavy atom. The molecule has 0 radical (unpaired) electrons. The number of aldehydes is 1. The number of amides is 1. The number of hydrogen-bond donors (Lipinski definition) is 3. The molecule has 1 aromatic carbocycles. The Bertz CT molecular complexity index is 531. The normalized spacial score (nSPS) is 13.3. The first-order chi connectivity index (χ1) is 9.36. The molecule has 8 heteroatoms. The first-order valence-corrected chi connectivity index (χ1v) is 5.71. The van der Waals surface area contributed by atoms with Crippen LogP contribution >= 0.6 is 0 Å². The lowest BCUT2D eigenvalue weighted by Gasteiger charge is -2.19. The number of nitro groups is 1. The third-order valence-corrected chi connectivity index (χ3v) is 2.65. The van der Waals surface area contributed by atoms with Crippen LogP contribution in [0.1, 0.15) is 28.9 Å². The van der Waals surface area contributed by atoms with Crippen molar-refractivity contribution in [3.8, 4) is 0 Å². The molecular weight excluding hydrogens is 268 g/mol. The van der Waals surface area contributed by atoms with Gasteiger partial charge in [-0.2, -0.15) is 0 Å². The van der Waals surface area contributed by atoms with Crippen molar-refractivity contribution in [1.82, 2.24) is 5.32 Å². The number of aliphatic hydroxyl groups is 2. The Hall–Kier alpha value is -2.32. The van der Waals surface area contributed by atoms with Gasteiger partial charge in [0.25, 0.3) is 5.69 Å². The highest BCUT2D eigenvalue weighted by atomic mass is 16.6. The molecule has 0 aliphatic carbocycles. The predicted octanol–water partition coefficient (Wildman–Crippen LogP) is -0.0623. The second-order valence-corrected chi connectivity index (χ2v) is 4.14. The van der Waals surface area contributed by atoms with Crippen LogP contribution in [0.2, 0.25) is 0 Å². The van der Waals surface area contributed by atoms with E-state index in [1.54, 1.807) is 0 Å². The van der Waals surface area contributed by atoms with E-state index in [9.17, 15) is 29.9 Å². The summed E-state index contributed by atoms with van der Waals surface area (Å²) in [5, 5.41) is 32.5. The van der Waals surface area contributed by atoms with Crippen LogP contribution in [-0.4, -0.2) is 40.0 Å². The van der Waals surface area contributed by atoms with E-state index in [0.29, 0.717) is 6.29 Å². The molecule has 0 fully saturated rings. The molecule has 1 rings (SSSR count). The molecule has 0 aliphatic heterocycles. The van der Waals surface area contributed by atoms with Crippen LogP contribution in [0.3, 0.4) is 0 Å². The average molecular weight is 282 g/mol. The number of carbonyl (C=O) groups is 2. The number of hydrogen-bond acceptors (Lipinski definition) is 6. The van der Waals surface area contributed by atoms with Gasteiger partial charge in [-0.3, -0.25) is 19.7 Å². The number of carbonyl (C=O) groups excluding carboxylic acids is 2. The number of rotatable bonds is 6. The maximum atomic E-state index is 10.9. The third kappa shape index (κ3) is 3.84. The molecule has 1 amide bonds. The van der Waals surface area contributed by atoms with Gasteiger partial charge in [-0.25, -0.2) is 0 Å². The van der Waals surface area contributed by atoms with Crippen molar-refractivity contribution in [3.05, 3.63) is 39.4 Å². The van der Waals surface area contributed by atoms with Crippen molar-refractivity contribution in [2.75, 3.05) is 6.54 Å². The molecule has 0 heterocycles. The van der Waals surface area contributed by atoms with Crippen LogP contribution in [0.15, 0.2) is 18.2 Å². The summed E-state index contributed by atoms with van der Waals surface area (Å²) < 4.78 is 0. The molecule has 3 N–H and O–H groups in total. The third-order valence-electron chi connectivity index (χ3n) is 2.65. The molecule has 0 bridgehead atoms. The molecule has 1 aromatic rings. The molecule has 20 heavy (non-hydrogen) atoms. The number of nitrogens with zero attached hydrogens (tertiary/aromatic N) is 1. The molecule has 0 spiro atoms. The highest BCUT2D eigenvalue weighted by molar-refractivity contribution is 5.79. The molecule has 2 atom stereocenters. The summed E-state index contributed by atoms with van der Waals surface area (Å²) in [4.78, 5) is 31.5. The van der Waals surface area contributed by atoms with Gasteiger partial charge in [0.2, 0.25) is 5.91 Å². The zero-order valence-electron chi connectivity index (χ0n) is 10.6. The molecule has 108 valence electrons. The van der Waals surface area contributed by atoms with Crippen molar-refractivity contribution < 1.29 is 24.7 Å². The summed E-state index contributed by atoms with van der Waals surface area (Å²) in [6.45, 7) is 1.05. The van der Waals surface area contributed by atoms with Gasteiger partial charge in [-0.05, 0) is 11.6 Å². The van der Waals surface area contributed by atoms with Gasteiger partial charge in [0.05, 0.1) is 4.92 Å². The van der Waals surface area contributed by atoms with Crippen molar-refractivity contribution in [2.24, 2.45) is 0 Å². The van der Waals surface area contributed by atoms with Crippen LogP contribution in [-0.2, 0) is 4.79 Å². The number of nitro benzene ring substituents is 1. The standard InChI is InChI=1S/C12H14N2O6/c1-7(16)13-5-11(17)12(18)10-3-2-9(14(19)20)4-8(10)6-15/h2-4,6,11-12,17-18H,5H2,1H3,(H,13,16). The first-order valence-electron chi connectivity index (χ1n) is 5.71. The van der Waals surface area contributed by atoms with Crippen LogP contribution in [0.25, 0.3) is 0 Å². The number of benzene rings is 1. The highest BCUT2D eigenvalue weighted by Gasteiger charge is 2.22. The van der Waals surface area contributed by atoms with Crippen LogP contribution in [0.4, 0.5) is 5.69 Å². The Balaban J connectivity index is 2.97. The van der Waals surface area contributed by atoms with E-state index >= 15 is 0 Å².